The number of rotatable bonds is 2. The van der Waals surface area contributed by atoms with E-state index in [1.807, 2.05) is 12.1 Å². The van der Waals surface area contributed by atoms with E-state index in [9.17, 15) is 0 Å². The lowest BCUT2D eigenvalue weighted by Gasteiger charge is -2.23. The Morgan fingerprint density at radius 2 is 1.85 bits per heavy atom. The van der Waals surface area contributed by atoms with Gasteiger partial charge in [-0.15, -0.1) is 0 Å². The molecule has 0 bridgehead atoms. The lowest BCUT2D eigenvalue weighted by Crippen LogP contribution is -2.13. The normalized spacial score (nSPS) is 11.4. The van der Waals surface area contributed by atoms with Crippen molar-refractivity contribution in [1.82, 2.24) is 4.98 Å². The summed E-state index contributed by atoms with van der Waals surface area (Å²) >= 11 is 5.89. The lowest BCUT2D eigenvalue weighted by atomic mass is 9.85. The van der Waals surface area contributed by atoms with E-state index in [2.05, 4.69) is 38.7 Å². The van der Waals surface area contributed by atoms with Gasteiger partial charge < -0.3 is 10.5 Å². The number of hydrogen-bond acceptors (Lipinski definition) is 3. The zero-order chi connectivity index (χ0) is 14.9. The molecule has 2 N–H and O–H groups in total. The molecule has 0 spiro atoms. The predicted molar refractivity (Wildman–Crippen MR) is 83.6 cm³/mol. The number of nitrogens with zero attached hydrogens (tertiary/aromatic N) is 1. The number of nitrogens with two attached hydrogens (primary N) is 1. The Bertz CT molecular complexity index is 633. The van der Waals surface area contributed by atoms with Crippen LogP contribution in [0.15, 0.2) is 30.3 Å². The van der Waals surface area contributed by atoms with Crippen molar-refractivity contribution in [2.75, 3.05) is 5.73 Å². The summed E-state index contributed by atoms with van der Waals surface area (Å²) < 4.78 is 5.88. The maximum atomic E-state index is 5.89. The first kappa shape index (κ1) is 14.7. The standard InChI is InChI=1S/C16H19ClN2O/c1-10-5-7-13(11(9-10)16(2,3)4)20-15-12(18)6-8-14(17)19-15/h5-9H,18H2,1-4H3. The van der Waals surface area contributed by atoms with Gasteiger partial charge in [0.25, 0.3) is 0 Å². The molecule has 0 unspecified atom stereocenters. The first-order valence-corrected chi connectivity index (χ1v) is 6.86. The van der Waals surface area contributed by atoms with E-state index in [0.29, 0.717) is 16.7 Å². The molecule has 0 saturated carbocycles. The smallest absolute Gasteiger partial charge is 0.244 e. The summed E-state index contributed by atoms with van der Waals surface area (Å²) in [6.07, 6.45) is 0. The molecule has 0 aliphatic rings. The van der Waals surface area contributed by atoms with Gasteiger partial charge in [-0.1, -0.05) is 50.1 Å². The molecule has 106 valence electrons. The fraction of sp³-hybridized carbons (Fsp3) is 0.312. The first-order valence-electron chi connectivity index (χ1n) is 6.48. The number of halogens is 1. The van der Waals surface area contributed by atoms with Crippen LogP contribution in [0.25, 0.3) is 0 Å². The fourth-order valence-corrected chi connectivity index (χ4v) is 2.07. The maximum absolute atomic E-state index is 5.89. The van der Waals surface area contributed by atoms with Crippen molar-refractivity contribution in [1.29, 1.82) is 0 Å². The molecular weight excluding hydrogens is 272 g/mol. The van der Waals surface area contributed by atoms with Crippen LogP contribution in [0, 0.1) is 6.92 Å². The Kier molecular flexibility index (Phi) is 3.91. The number of aryl methyl sites for hydroxylation is 1. The van der Waals surface area contributed by atoms with Crippen LogP contribution >= 0.6 is 11.6 Å². The van der Waals surface area contributed by atoms with Crippen molar-refractivity contribution >= 4 is 17.3 Å². The van der Waals surface area contributed by atoms with Crippen LogP contribution in [0.4, 0.5) is 5.69 Å². The summed E-state index contributed by atoms with van der Waals surface area (Å²) in [6, 6.07) is 9.40. The molecule has 1 heterocycles. The Hall–Kier alpha value is -1.74. The monoisotopic (exact) mass is 290 g/mol. The number of aromatic nitrogens is 1. The second-order valence-corrected chi connectivity index (χ2v) is 6.27. The van der Waals surface area contributed by atoms with E-state index in [1.54, 1.807) is 12.1 Å². The summed E-state index contributed by atoms with van der Waals surface area (Å²) in [5, 5.41) is 0.360. The molecule has 0 aliphatic carbocycles. The molecule has 2 aromatic rings. The highest BCUT2D eigenvalue weighted by Gasteiger charge is 2.20. The summed E-state index contributed by atoms with van der Waals surface area (Å²) in [7, 11) is 0. The van der Waals surface area contributed by atoms with Crippen LogP contribution in [0.2, 0.25) is 5.15 Å². The summed E-state index contributed by atoms with van der Waals surface area (Å²) in [5.74, 6) is 1.09. The molecule has 0 atom stereocenters. The predicted octanol–water partition coefficient (Wildman–Crippen LogP) is 4.72. The molecule has 2 rings (SSSR count). The minimum absolute atomic E-state index is 0.0330. The molecule has 0 amide bonds. The average molecular weight is 291 g/mol. The molecule has 1 aromatic heterocycles. The molecule has 1 aromatic carbocycles. The number of nitrogen functional groups attached to an aromatic ring is 1. The fourth-order valence-electron chi connectivity index (χ4n) is 1.93. The van der Waals surface area contributed by atoms with Gasteiger partial charge in [-0.05, 0) is 30.5 Å². The van der Waals surface area contributed by atoms with E-state index in [1.165, 1.54) is 5.56 Å². The van der Waals surface area contributed by atoms with Gasteiger partial charge in [-0.25, -0.2) is 0 Å². The van der Waals surface area contributed by atoms with Crippen LogP contribution in [0.1, 0.15) is 31.9 Å². The third kappa shape index (κ3) is 3.23. The zero-order valence-electron chi connectivity index (χ0n) is 12.2. The molecule has 0 aliphatic heterocycles. The Morgan fingerprint density at radius 3 is 2.50 bits per heavy atom. The molecular formula is C16H19ClN2O. The number of anilines is 1. The third-order valence-electron chi connectivity index (χ3n) is 3.01. The van der Waals surface area contributed by atoms with Crippen molar-refractivity contribution in [2.45, 2.75) is 33.1 Å². The molecule has 0 radical (unpaired) electrons. The van der Waals surface area contributed by atoms with Crippen LogP contribution in [-0.2, 0) is 5.41 Å². The minimum atomic E-state index is -0.0330. The van der Waals surface area contributed by atoms with Crippen molar-refractivity contribution in [3.05, 3.63) is 46.6 Å². The van der Waals surface area contributed by atoms with E-state index in [0.717, 1.165) is 11.3 Å². The lowest BCUT2D eigenvalue weighted by molar-refractivity contribution is 0.442. The van der Waals surface area contributed by atoms with Gasteiger partial charge >= 0.3 is 0 Å². The SMILES string of the molecule is Cc1ccc(Oc2nc(Cl)ccc2N)c(C(C)(C)C)c1. The van der Waals surface area contributed by atoms with Gasteiger partial charge in [0.15, 0.2) is 0 Å². The van der Waals surface area contributed by atoms with Crippen molar-refractivity contribution < 1.29 is 4.74 Å². The maximum Gasteiger partial charge on any atom is 0.244 e. The summed E-state index contributed by atoms with van der Waals surface area (Å²) in [5.41, 5.74) is 8.61. The second kappa shape index (κ2) is 5.33. The minimum Gasteiger partial charge on any atom is -0.437 e. The second-order valence-electron chi connectivity index (χ2n) is 5.88. The van der Waals surface area contributed by atoms with Crippen molar-refractivity contribution in [3.63, 3.8) is 0 Å². The molecule has 0 saturated heterocycles. The van der Waals surface area contributed by atoms with Gasteiger partial charge in [0.05, 0.1) is 5.69 Å². The van der Waals surface area contributed by atoms with Crippen LogP contribution in [0.3, 0.4) is 0 Å². The van der Waals surface area contributed by atoms with Gasteiger partial charge in [-0.2, -0.15) is 4.98 Å². The van der Waals surface area contributed by atoms with Crippen LogP contribution < -0.4 is 10.5 Å². The van der Waals surface area contributed by atoms with E-state index in [4.69, 9.17) is 22.1 Å². The average Bonchev–Trinajstić information content (AvgIpc) is 2.34. The van der Waals surface area contributed by atoms with Gasteiger partial charge in [0.1, 0.15) is 10.9 Å². The highest BCUT2D eigenvalue weighted by molar-refractivity contribution is 6.29. The molecule has 4 heteroatoms. The van der Waals surface area contributed by atoms with Gasteiger partial charge in [-0.3, -0.25) is 0 Å². The molecule has 3 nitrogen and oxygen atoms in total. The number of pyridine rings is 1. The number of benzene rings is 1. The van der Waals surface area contributed by atoms with Gasteiger partial charge in [0, 0.05) is 5.56 Å². The highest BCUT2D eigenvalue weighted by Crippen LogP contribution is 2.36. The molecule has 0 fully saturated rings. The zero-order valence-corrected chi connectivity index (χ0v) is 13.0. The van der Waals surface area contributed by atoms with Crippen LogP contribution in [0.5, 0.6) is 11.6 Å². The Labute approximate surface area is 124 Å². The number of hydrogen-bond donors (Lipinski definition) is 1. The van der Waals surface area contributed by atoms with Crippen LogP contribution in [-0.4, -0.2) is 4.98 Å². The number of ether oxygens (including phenoxy) is 1. The topological polar surface area (TPSA) is 48.1 Å². The van der Waals surface area contributed by atoms with E-state index < -0.39 is 0 Å². The van der Waals surface area contributed by atoms with Crippen molar-refractivity contribution in [3.8, 4) is 11.6 Å². The highest BCUT2D eigenvalue weighted by atomic mass is 35.5. The summed E-state index contributed by atoms with van der Waals surface area (Å²) in [6.45, 7) is 8.49. The Morgan fingerprint density at radius 1 is 1.15 bits per heavy atom. The Balaban J connectivity index is 2.46. The largest absolute Gasteiger partial charge is 0.437 e. The van der Waals surface area contributed by atoms with E-state index in [-0.39, 0.29) is 5.41 Å². The van der Waals surface area contributed by atoms with Crippen molar-refractivity contribution in [2.24, 2.45) is 0 Å². The summed E-state index contributed by atoms with van der Waals surface area (Å²) in [4.78, 5) is 4.13. The van der Waals surface area contributed by atoms with E-state index >= 15 is 0 Å². The quantitative estimate of drug-likeness (QED) is 0.814. The van der Waals surface area contributed by atoms with Gasteiger partial charge in [0.2, 0.25) is 5.88 Å². The first-order chi connectivity index (χ1) is 9.27. The third-order valence-corrected chi connectivity index (χ3v) is 3.22. The molecule has 20 heavy (non-hydrogen) atoms.